The predicted octanol–water partition coefficient (Wildman–Crippen LogP) is 2.82. The van der Waals surface area contributed by atoms with E-state index in [9.17, 15) is 14.4 Å². The lowest BCUT2D eigenvalue weighted by Crippen LogP contribution is -2.42. The monoisotopic (exact) mass is 354 g/mol. The third-order valence-corrected chi connectivity index (χ3v) is 5.17. The Kier molecular flexibility index (Phi) is 6.19. The van der Waals surface area contributed by atoms with Gasteiger partial charge in [0.05, 0.1) is 18.1 Å². The van der Waals surface area contributed by atoms with Gasteiger partial charge in [-0.1, -0.05) is 6.92 Å². The van der Waals surface area contributed by atoms with Crippen LogP contribution < -0.4 is 5.32 Å². The zero-order chi connectivity index (χ0) is 17.7. The molecule has 1 aliphatic heterocycles. The fraction of sp³-hybridized carbons (Fsp3) is 0.562. The summed E-state index contributed by atoms with van der Waals surface area (Å²) in [7, 11) is 0. The number of anilines is 1. The standard InChI is InChI=1S/C16H22N2O5S/c1-3-11-9-12(15(21)23-4-2)13(24-11)17-16(22)18-7-5-10(6-8-18)14(19)20/h9-10H,3-8H2,1-2H3,(H,17,22)(H,19,20). The smallest absolute Gasteiger partial charge is 0.341 e. The number of thiophene rings is 1. The normalized spacial score (nSPS) is 15.2. The van der Waals surface area contributed by atoms with E-state index in [-0.39, 0.29) is 12.6 Å². The van der Waals surface area contributed by atoms with Gasteiger partial charge in [0.25, 0.3) is 0 Å². The van der Waals surface area contributed by atoms with Crippen LogP contribution in [0.1, 0.15) is 41.9 Å². The highest BCUT2D eigenvalue weighted by atomic mass is 32.1. The molecule has 0 unspecified atom stereocenters. The van der Waals surface area contributed by atoms with Gasteiger partial charge in [-0.25, -0.2) is 9.59 Å². The molecule has 2 rings (SSSR count). The summed E-state index contributed by atoms with van der Waals surface area (Å²) in [5.41, 5.74) is 0.368. The van der Waals surface area contributed by atoms with Crippen LogP contribution in [-0.4, -0.2) is 47.7 Å². The first-order valence-corrected chi connectivity index (χ1v) is 8.86. The lowest BCUT2D eigenvalue weighted by molar-refractivity contribution is -0.143. The van der Waals surface area contributed by atoms with Gasteiger partial charge in [-0.3, -0.25) is 10.1 Å². The lowest BCUT2D eigenvalue weighted by Gasteiger charge is -2.30. The molecule has 0 bridgehead atoms. The third-order valence-electron chi connectivity index (χ3n) is 3.98. The Labute approximate surface area is 144 Å². The van der Waals surface area contributed by atoms with Crippen molar-refractivity contribution in [2.24, 2.45) is 5.92 Å². The molecule has 24 heavy (non-hydrogen) atoms. The molecule has 2 amide bonds. The number of carboxylic acid groups (broad SMARTS) is 1. The number of rotatable bonds is 5. The molecule has 8 heteroatoms. The van der Waals surface area contributed by atoms with E-state index < -0.39 is 17.9 Å². The number of hydrogen-bond acceptors (Lipinski definition) is 5. The minimum Gasteiger partial charge on any atom is -0.481 e. The summed E-state index contributed by atoms with van der Waals surface area (Å²) in [6.45, 7) is 4.76. The number of ether oxygens (including phenoxy) is 1. The van der Waals surface area contributed by atoms with Crippen LogP contribution in [0.15, 0.2) is 6.07 Å². The highest BCUT2D eigenvalue weighted by Gasteiger charge is 2.28. The molecule has 0 radical (unpaired) electrons. The molecule has 0 saturated carbocycles. The number of aryl methyl sites for hydroxylation is 1. The van der Waals surface area contributed by atoms with Crippen molar-refractivity contribution in [2.75, 3.05) is 25.0 Å². The van der Waals surface area contributed by atoms with Crippen LogP contribution in [0.25, 0.3) is 0 Å². The summed E-state index contributed by atoms with van der Waals surface area (Å²) in [6, 6.07) is 1.43. The molecule has 1 fully saturated rings. The molecule has 0 atom stereocenters. The summed E-state index contributed by atoms with van der Waals surface area (Å²) in [5, 5.41) is 12.3. The van der Waals surface area contributed by atoms with Gasteiger partial charge in [0.2, 0.25) is 0 Å². The largest absolute Gasteiger partial charge is 0.481 e. The van der Waals surface area contributed by atoms with Gasteiger partial charge in [-0.15, -0.1) is 11.3 Å². The Hall–Kier alpha value is -2.09. The fourth-order valence-corrected chi connectivity index (χ4v) is 3.55. The molecule has 1 aliphatic rings. The minimum atomic E-state index is -0.814. The molecule has 0 aliphatic carbocycles. The molecule has 2 N–H and O–H groups in total. The molecule has 0 aromatic carbocycles. The van der Waals surface area contributed by atoms with Crippen molar-refractivity contribution < 1.29 is 24.2 Å². The van der Waals surface area contributed by atoms with Crippen LogP contribution in [0, 0.1) is 5.92 Å². The highest BCUT2D eigenvalue weighted by Crippen LogP contribution is 2.30. The number of likely N-dealkylation sites (tertiary alicyclic amines) is 1. The Bertz CT molecular complexity index is 620. The first-order valence-electron chi connectivity index (χ1n) is 8.04. The zero-order valence-corrected chi connectivity index (χ0v) is 14.6. The van der Waals surface area contributed by atoms with Crippen molar-refractivity contribution in [3.05, 3.63) is 16.5 Å². The van der Waals surface area contributed by atoms with E-state index >= 15 is 0 Å². The van der Waals surface area contributed by atoms with Crippen LogP contribution in [0.3, 0.4) is 0 Å². The predicted molar refractivity (Wildman–Crippen MR) is 90.6 cm³/mol. The summed E-state index contributed by atoms with van der Waals surface area (Å²) < 4.78 is 5.03. The highest BCUT2D eigenvalue weighted by molar-refractivity contribution is 7.16. The SMILES string of the molecule is CCOC(=O)c1cc(CC)sc1NC(=O)N1CCC(C(=O)O)CC1. The number of aliphatic carboxylic acids is 1. The van der Waals surface area contributed by atoms with Gasteiger partial charge < -0.3 is 14.7 Å². The molecule has 1 aromatic heterocycles. The van der Waals surface area contributed by atoms with Gasteiger partial charge >= 0.3 is 18.0 Å². The topological polar surface area (TPSA) is 95.9 Å². The maximum atomic E-state index is 12.4. The fourth-order valence-electron chi connectivity index (χ4n) is 2.58. The van der Waals surface area contributed by atoms with E-state index in [0.29, 0.717) is 36.5 Å². The van der Waals surface area contributed by atoms with Crippen molar-refractivity contribution in [2.45, 2.75) is 33.1 Å². The number of nitrogens with zero attached hydrogens (tertiary/aromatic N) is 1. The van der Waals surface area contributed by atoms with Gasteiger partial charge in [-0.2, -0.15) is 0 Å². The van der Waals surface area contributed by atoms with Gasteiger partial charge in [-0.05, 0) is 32.3 Å². The maximum Gasteiger partial charge on any atom is 0.341 e. The van der Waals surface area contributed by atoms with E-state index in [1.54, 1.807) is 17.9 Å². The number of carbonyl (C=O) groups is 3. The van der Waals surface area contributed by atoms with Crippen molar-refractivity contribution in [3.63, 3.8) is 0 Å². The van der Waals surface area contributed by atoms with E-state index in [2.05, 4.69) is 5.32 Å². The van der Waals surface area contributed by atoms with Gasteiger partial charge in [0.15, 0.2) is 0 Å². The summed E-state index contributed by atoms with van der Waals surface area (Å²) in [4.78, 5) is 38.0. The molecule has 7 nitrogen and oxygen atoms in total. The average Bonchev–Trinajstić information content (AvgIpc) is 2.98. The van der Waals surface area contributed by atoms with Crippen molar-refractivity contribution in [1.82, 2.24) is 4.90 Å². The number of nitrogens with one attached hydrogen (secondary N) is 1. The second kappa shape index (κ2) is 8.14. The second-order valence-corrected chi connectivity index (χ2v) is 6.70. The zero-order valence-electron chi connectivity index (χ0n) is 13.8. The number of amides is 2. The molecule has 132 valence electrons. The quantitative estimate of drug-likeness (QED) is 0.793. The second-order valence-electron chi connectivity index (χ2n) is 5.56. The number of urea groups is 1. The van der Waals surface area contributed by atoms with Gasteiger partial charge in [0, 0.05) is 18.0 Å². The summed E-state index contributed by atoms with van der Waals surface area (Å²) in [5.74, 6) is -1.66. The van der Waals surface area contributed by atoms with Crippen LogP contribution >= 0.6 is 11.3 Å². The van der Waals surface area contributed by atoms with E-state index in [0.717, 1.165) is 11.3 Å². The Balaban J connectivity index is 2.05. The average molecular weight is 354 g/mol. The number of hydrogen-bond donors (Lipinski definition) is 2. The Morgan fingerprint density at radius 1 is 1.33 bits per heavy atom. The number of esters is 1. The van der Waals surface area contributed by atoms with E-state index in [4.69, 9.17) is 9.84 Å². The molecule has 1 saturated heterocycles. The lowest BCUT2D eigenvalue weighted by atomic mass is 9.97. The van der Waals surface area contributed by atoms with Crippen molar-refractivity contribution in [3.8, 4) is 0 Å². The number of carbonyl (C=O) groups excluding carboxylic acids is 2. The molecular weight excluding hydrogens is 332 g/mol. The first-order chi connectivity index (χ1) is 11.5. The molecule has 2 heterocycles. The van der Waals surface area contributed by atoms with E-state index in [1.165, 1.54) is 11.3 Å². The third kappa shape index (κ3) is 4.25. The summed E-state index contributed by atoms with van der Waals surface area (Å²) in [6.07, 6.45) is 1.65. The molecule has 0 spiro atoms. The van der Waals surface area contributed by atoms with Crippen LogP contribution in [0.4, 0.5) is 9.80 Å². The van der Waals surface area contributed by atoms with E-state index in [1.807, 2.05) is 6.92 Å². The molecule has 1 aromatic rings. The van der Waals surface area contributed by atoms with Crippen LogP contribution in [-0.2, 0) is 16.0 Å². The number of carboxylic acids is 1. The van der Waals surface area contributed by atoms with Crippen LogP contribution in [0.2, 0.25) is 0 Å². The summed E-state index contributed by atoms with van der Waals surface area (Å²) >= 11 is 1.36. The Morgan fingerprint density at radius 3 is 2.54 bits per heavy atom. The number of piperidine rings is 1. The maximum absolute atomic E-state index is 12.4. The van der Waals surface area contributed by atoms with Crippen LogP contribution in [0.5, 0.6) is 0 Å². The Morgan fingerprint density at radius 2 is 2.00 bits per heavy atom. The minimum absolute atomic E-state index is 0.270. The van der Waals surface area contributed by atoms with Gasteiger partial charge in [0.1, 0.15) is 5.00 Å². The molecular formula is C16H22N2O5S. The first kappa shape index (κ1) is 18.3. The van der Waals surface area contributed by atoms with Crippen molar-refractivity contribution in [1.29, 1.82) is 0 Å². The van der Waals surface area contributed by atoms with Crippen molar-refractivity contribution >= 4 is 34.3 Å².